The Morgan fingerprint density at radius 3 is 2.78 bits per heavy atom. The molecule has 7 heteroatoms. The van der Waals surface area contributed by atoms with Crippen molar-refractivity contribution < 1.29 is 13.9 Å². The Bertz CT molecular complexity index is 993. The van der Waals surface area contributed by atoms with Crippen molar-refractivity contribution in [3.63, 3.8) is 0 Å². The number of amides is 1. The maximum absolute atomic E-state index is 12.9. The normalized spacial score (nSPS) is 13.7. The molecule has 1 saturated carbocycles. The van der Waals surface area contributed by atoms with Crippen LogP contribution in [0.5, 0.6) is 5.75 Å². The van der Waals surface area contributed by atoms with Crippen LogP contribution in [0.3, 0.4) is 0 Å². The molecule has 1 aliphatic rings. The number of aromatic nitrogens is 3. The zero-order chi connectivity index (χ0) is 19.0. The fraction of sp³-hybridized carbons (Fsp3) is 0.350. The van der Waals surface area contributed by atoms with Gasteiger partial charge < -0.3 is 10.1 Å². The van der Waals surface area contributed by atoms with E-state index in [1.165, 1.54) is 12.1 Å². The van der Waals surface area contributed by atoms with Gasteiger partial charge in [0.25, 0.3) is 5.91 Å². The molecule has 0 aliphatic heterocycles. The second-order valence-corrected chi connectivity index (χ2v) is 6.83. The van der Waals surface area contributed by atoms with E-state index in [9.17, 15) is 9.18 Å². The van der Waals surface area contributed by atoms with E-state index >= 15 is 0 Å². The van der Waals surface area contributed by atoms with Gasteiger partial charge in [0.05, 0.1) is 23.2 Å². The summed E-state index contributed by atoms with van der Waals surface area (Å²) in [4.78, 5) is 17.5. The standard InChI is InChI=1S/C20H21FN4O2/c1-12-18-16(11-17(13-3-4-13)23-19(18)25(2)24-12)20(26)22-9-10-27-15-7-5-14(21)6-8-15/h5-8,11,13H,3-4,9-10H2,1-2H3,(H,22,26). The van der Waals surface area contributed by atoms with E-state index in [1.54, 1.807) is 16.8 Å². The summed E-state index contributed by atoms with van der Waals surface area (Å²) in [5.74, 6) is 0.535. The SMILES string of the molecule is Cc1nn(C)c2nc(C3CC3)cc(C(=O)NCCOc3ccc(F)cc3)c12. The molecule has 1 aliphatic carbocycles. The highest BCUT2D eigenvalue weighted by atomic mass is 19.1. The fourth-order valence-corrected chi connectivity index (χ4v) is 3.19. The van der Waals surface area contributed by atoms with Crippen LogP contribution < -0.4 is 10.1 Å². The third-order valence-corrected chi connectivity index (χ3v) is 4.70. The van der Waals surface area contributed by atoms with E-state index in [0.29, 0.717) is 30.4 Å². The van der Waals surface area contributed by atoms with Gasteiger partial charge in [-0.05, 0) is 50.1 Å². The molecule has 0 atom stereocenters. The number of rotatable bonds is 6. The molecule has 2 heterocycles. The van der Waals surface area contributed by atoms with Crippen LogP contribution in [0.1, 0.15) is 40.5 Å². The molecular formula is C20H21FN4O2. The Labute approximate surface area is 156 Å². The van der Waals surface area contributed by atoms with Gasteiger partial charge in [0.15, 0.2) is 5.65 Å². The first kappa shape index (κ1) is 17.5. The molecule has 1 N–H and O–H groups in total. The molecule has 1 fully saturated rings. The van der Waals surface area contributed by atoms with Crippen LogP contribution in [0.15, 0.2) is 30.3 Å². The van der Waals surface area contributed by atoms with Crippen molar-refractivity contribution in [3.8, 4) is 5.75 Å². The Morgan fingerprint density at radius 2 is 2.07 bits per heavy atom. The molecule has 6 nitrogen and oxygen atoms in total. The second kappa shape index (κ2) is 6.98. The van der Waals surface area contributed by atoms with Crippen molar-refractivity contribution in [2.75, 3.05) is 13.2 Å². The first-order chi connectivity index (χ1) is 13.0. The van der Waals surface area contributed by atoms with Crippen molar-refractivity contribution in [3.05, 3.63) is 53.1 Å². The predicted molar refractivity (Wildman–Crippen MR) is 99.4 cm³/mol. The van der Waals surface area contributed by atoms with Crippen LogP contribution in [0.25, 0.3) is 11.0 Å². The lowest BCUT2D eigenvalue weighted by Crippen LogP contribution is -2.28. The summed E-state index contributed by atoms with van der Waals surface area (Å²) in [6.45, 7) is 2.53. The summed E-state index contributed by atoms with van der Waals surface area (Å²) < 4.78 is 20.2. The van der Waals surface area contributed by atoms with Crippen LogP contribution in [0, 0.1) is 12.7 Å². The number of ether oxygens (including phenoxy) is 1. The highest BCUT2D eigenvalue weighted by Crippen LogP contribution is 2.40. The number of pyridine rings is 1. The van der Waals surface area contributed by atoms with Crippen LogP contribution in [-0.4, -0.2) is 33.8 Å². The summed E-state index contributed by atoms with van der Waals surface area (Å²) >= 11 is 0. The maximum Gasteiger partial charge on any atom is 0.252 e. The van der Waals surface area contributed by atoms with Gasteiger partial charge in [0.2, 0.25) is 0 Å². The van der Waals surface area contributed by atoms with E-state index in [1.807, 2.05) is 20.0 Å². The van der Waals surface area contributed by atoms with E-state index in [0.717, 1.165) is 35.3 Å². The number of nitrogens with zero attached hydrogens (tertiary/aromatic N) is 3. The Balaban J connectivity index is 1.47. The monoisotopic (exact) mass is 368 g/mol. The first-order valence-corrected chi connectivity index (χ1v) is 9.03. The number of carbonyl (C=O) groups excluding carboxylic acids is 1. The lowest BCUT2D eigenvalue weighted by Gasteiger charge is -2.10. The van der Waals surface area contributed by atoms with Crippen LogP contribution in [-0.2, 0) is 7.05 Å². The van der Waals surface area contributed by atoms with Crippen molar-refractivity contribution in [1.29, 1.82) is 0 Å². The maximum atomic E-state index is 12.9. The molecule has 2 aromatic heterocycles. The minimum absolute atomic E-state index is 0.164. The molecule has 0 radical (unpaired) electrons. The number of benzene rings is 1. The average molecular weight is 368 g/mol. The van der Waals surface area contributed by atoms with Gasteiger partial charge >= 0.3 is 0 Å². The van der Waals surface area contributed by atoms with Crippen molar-refractivity contribution in [2.24, 2.45) is 7.05 Å². The molecule has 4 rings (SSSR count). The van der Waals surface area contributed by atoms with E-state index in [4.69, 9.17) is 9.72 Å². The number of nitrogens with one attached hydrogen (secondary N) is 1. The van der Waals surface area contributed by atoms with E-state index in [-0.39, 0.29) is 11.7 Å². The van der Waals surface area contributed by atoms with Gasteiger partial charge in [-0.25, -0.2) is 9.37 Å². The average Bonchev–Trinajstić information content (AvgIpc) is 3.46. The largest absolute Gasteiger partial charge is 0.492 e. The van der Waals surface area contributed by atoms with E-state index < -0.39 is 0 Å². The lowest BCUT2D eigenvalue weighted by atomic mass is 10.1. The zero-order valence-corrected chi connectivity index (χ0v) is 15.3. The molecule has 0 spiro atoms. The summed E-state index contributed by atoms with van der Waals surface area (Å²) in [5, 5.41) is 8.10. The Morgan fingerprint density at radius 1 is 1.33 bits per heavy atom. The van der Waals surface area contributed by atoms with Gasteiger partial charge in [-0.3, -0.25) is 9.48 Å². The van der Waals surface area contributed by atoms with Gasteiger partial charge in [0, 0.05) is 18.7 Å². The first-order valence-electron chi connectivity index (χ1n) is 9.03. The second-order valence-electron chi connectivity index (χ2n) is 6.83. The number of carbonyl (C=O) groups is 1. The van der Waals surface area contributed by atoms with Gasteiger partial charge in [-0.1, -0.05) is 0 Å². The number of hydrogen-bond acceptors (Lipinski definition) is 4. The summed E-state index contributed by atoms with van der Waals surface area (Å²) in [5.41, 5.74) is 3.09. The molecule has 0 saturated heterocycles. The molecule has 1 aromatic carbocycles. The van der Waals surface area contributed by atoms with Crippen LogP contribution >= 0.6 is 0 Å². The number of halogens is 1. The fourth-order valence-electron chi connectivity index (χ4n) is 3.19. The topological polar surface area (TPSA) is 69.0 Å². The molecular weight excluding hydrogens is 347 g/mol. The zero-order valence-electron chi connectivity index (χ0n) is 15.3. The minimum Gasteiger partial charge on any atom is -0.492 e. The quantitative estimate of drug-likeness (QED) is 0.679. The molecule has 27 heavy (non-hydrogen) atoms. The van der Waals surface area contributed by atoms with Gasteiger partial charge in [0.1, 0.15) is 18.2 Å². The third kappa shape index (κ3) is 3.63. The molecule has 0 bridgehead atoms. The predicted octanol–water partition coefficient (Wildman–Crippen LogP) is 3.10. The lowest BCUT2D eigenvalue weighted by molar-refractivity contribution is 0.0948. The smallest absolute Gasteiger partial charge is 0.252 e. The summed E-state index contributed by atoms with van der Waals surface area (Å²) in [6, 6.07) is 7.69. The summed E-state index contributed by atoms with van der Waals surface area (Å²) in [7, 11) is 1.84. The van der Waals surface area contributed by atoms with Crippen molar-refractivity contribution >= 4 is 16.9 Å². The Kier molecular flexibility index (Phi) is 4.51. The van der Waals surface area contributed by atoms with Crippen LogP contribution in [0.4, 0.5) is 4.39 Å². The Hall–Kier alpha value is -2.96. The van der Waals surface area contributed by atoms with Gasteiger partial charge in [-0.2, -0.15) is 5.10 Å². The highest BCUT2D eigenvalue weighted by Gasteiger charge is 2.28. The molecule has 1 amide bonds. The molecule has 140 valence electrons. The minimum atomic E-state index is -0.310. The summed E-state index contributed by atoms with van der Waals surface area (Å²) in [6.07, 6.45) is 2.23. The van der Waals surface area contributed by atoms with Crippen LogP contribution in [0.2, 0.25) is 0 Å². The molecule has 3 aromatic rings. The molecule has 0 unspecified atom stereocenters. The van der Waals surface area contributed by atoms with Crippen molar-refractivity contribution in [1.82, 2.24) is 20.1 Å². The third-order valence-electron chi connectivity index (χ3n) is 4.70. The van der Waals surface area contributed by atoms with Crippen molar-refractivity contribution in [2.45, 2.75) is 25.7 Å². The van der Waals surface area contributed by atoms with Gasteiger partial charge in [-0.15, -0.1) is 0 Å². The highest BCUT2D eigenvalue weighted by molar-refractivity contribution is 6.06. The number of aryl methyl sites for hydroxylation is 2. The number of fused-ring (bicyclic) bond motifs is 1. The number of hydrogen-bond donors (Lipinski definition) is 1. The van der Waals surface area contributed by atoms with E-state index in [2.05, 4.69) is 10.4 Å².